The van der Waals surface area contributed by atoms with Gasteiger partial charge < -0.3 is 19.6 Å². The van der Waals surface area contributed by atoms with Crippen molar-refractivity contribution in [2.45, 2.75) is 0 Å². The van der Waals surface area contributed by atoms with Crippen LogP contribution in [0.5, 0.6) is 0 Å². The molecule has 0 bridgehead atoms. The highest BCUT2D eigenvalue weighted by atomic mass is 15.2. The lowest BCUT2D eigenvalue weighted by Crippen LogP contribution is -2.61. The Balaban J connectivity index is 0.764. The van der Waals surface area contributed by atoms with Gasteiger partial charge in [0.1, 0.15) is 0 Å². The van der Waals surface area contributed by atoms with Crippen molar-refractivity contribution in [3.63, 3.8) is 0 Å². The predicted molar refractivity (Wildman–Crippen MR) is 407 cm³/mol. The minimum absolute atomic E-state index is 0.0416. The largest absolute Gasteiger partial charge is 0.311 e. The number of nitrogens with zero attached hydrogens (tertiary/aromatic N) is 4. The first-order valence-corrected chi connectivity index (χ1v) is 33.3. The SMILES string of the molecule is c1ccc(-c2cc(-c3ccccc3)cc(-c3cc4c5c(c3)N(c3ccccc3)c3ccc(-c6cccc(-c7cccc(-c8cc9c%10c(c8)N(c8ccccc8)c8ccccc8B%10c8ccccc8N9c8ccccc8)c7)c6)cc3B5c3ccccc3N4c3ccccc3)c2)cc1. The summed E-state index contributed by atoms with van der Waals surface area (Å²) in [6.45, 7) is -0.0415. The van der Waals surface area contributed by atoms with E-state index < -0.39 is 0 Å². The molecule has 6 heteroatoms. The highest BCUT2D eigenvalue weighted by molar-refractivity contribution is 7.01. The van der Waals surface area contributed by atoms with Gasteiger partial charge in [-0.05, 0) is 227 Å². The molecule has 19 rings (SSSR count). The maximum atomic E-state index is 2.53. The maximum Gasteiger partial charge on any atom is 0.252 e. The molecule has 0 radical (unpaired) electrons. The van der Waals surface area contributed by atoms with Gasteiger partial charge in [-0.3, -0.25) is 0 Å². The van der Waals surface area contributed by atoms with E-state index in [0.29, 0.717) is 0 Å². The second-order valence-corrected chi connectivity index (χ2v) is 25.5. The number of hydrogen-bond acceptors (Lipinski definition) is 4. The quantitative estimate of drug-likeness (QED) is 0.127. The Kier molecular flexibility index (Phi) is 13.1. The van der Waals surface area contributed by atoms with E-state index in [1.807, 2.05) is 0 Å². The summed E-state index contributed by atoms with van der Waals surface area (Å²) in [5.41, 5.74) is 35.7. The molecule has 4 nitrogen and oxygen atoms in total. The van der Waals surface area contributed by atoms with Crippen LogP contribution < -0.4 is 52.4 Å². The molecule has 0 fully saturated rings. The molecule has 4 aliphatic rings. The molecule has 4 heterocycles. The zero-order valence-corrected chi connectivity index (χ0v) is 52.6. The number of anilines is 12. The second-order valence-electron chi connectivity index (χ2n) is 25.5. The first-order valence-electron chi connectivity index (χ1n) is 33.3. The minimum Gasteiger partial charge on any atom is -0.311 e. The zero-order valence-electron chi connectivity index (χ0n) is 52.6. The third-order valence-corrected chi connectivity index (χ3v) is 20.1. The third-order valence-electron chi connectivity index (χ3n) is 20.1. The van der Waals surface area contributed by atoms with Crippen molar-refractivity contribution in [3.05, 3.63) is 364 Å². The van der Waals surface area contributed by atoms with Crippen molar-refractivity contribution in [1.29, 1.82) is 0 Å². The molecule has 15 aromatic rings. The fourth-order valence-electron chi connectivity index (χ4n) is 15.9. The van der Waals surface area contributed by atoms with E-state index >= 15 is 0 Å². The Morgan fingerprint density at radius 1 is 0.146 bits per heavy atom. The lowest BCUT2D eigenvalue weighted by atomic mass is 9.33. The number of benzene rings is 15. The number of rotatable bonds is 10. The molecule has 0 amide bonds. The van der Waals surface area contributed by atoms with Crippen LogP contribution in [-0.4, -0.2) is 13.4 Å². The number of hydrogen-bond donors (Lipinski definition) is 0. The third kappa shape index (κ3) is 9.09. The van der Waals surface area contributed by atoms with Crippen molar-refractivity contribution < 1.29 is 0 Å². The molecule has 0 atom stereocenters. The molecule has 0 aromatic heterocycles. The van der Waals surface area contributed by atoms with Gasteiger partial charge in [0, 0.05) is 68.2 Å². The van der Waals surface area contributed by atoms with Crippen LogP contribution in [0.1, 0.15) is 0 Å². The van der Waals surface area contributed by atoms with Crippen LogP contribution in [0, 0.1) is 0 Å². The highest BCUT2D eigenvalue weighted by Gasteiger charge is 2.45. The van der Waals surface area contributed by atoms with Crippen molar-refractivity contribution >= 4 is 114 Å². The number of fused-ring (bicyclic) bond motifs is 8. The Hall–Kier alpha value is -12.4. The van der Waals surface area contributed by atoms with Gasteiger partial charge >= 0.3 is 0 Å². The van der Waals surface area contributed by atoms with Gasteiger partial charge in [-0.1, -0.05) is 237 Å². The van der Waals surface area contributed by atoms with E-state index in [0.717, 1.165) is 61.7 Å². The molecular weight excluding hydrogens is 1160 g/mol. The summed E-state index contributed by atoms with van der Waals surface area (Å²) >= 11 is 0. The van der Waals surface area contributed by atoms with Gasteiger partial charge in [-0.25, -0.2) is 0 Å². The van der Waals surface area contributed by atoms with E-state index in [-0.39, 0.29) is 13.4 Å². The summed E-state index contributed by atoms with van der Waals surface area (Å²) in [5.74, 6) is 0. The van der Waals surface area contributed by atoms with Gasteiger partial charge in [0.2, 0.25) is 0 Å². The molecule has 0 unspecified atom stereocenters. The van der Waals surface area contributed by atoms with E-state index in [1.165, 1.54) is 106 Å². The molecule has 15 aromatic carbocycles. The molecule has 0 saturated heterocycles. The summed E-state index contributed by atoms with van der Waals surface area (Å²) in [4.78, 5) is 10.0. The summed E-state index contributed by atoms with van der Waals surface area (Å²) in [6, 6.07) is 135. The molecule has 96 heavy (non-hydrogen) atoms. The van der Waals surface area contributed by atoms with Gasteiger partial charge in [0.25, 0.3) is 13.4 Å². The van der Waals surface area contributed by atoms with Gasteiger partial charge in [-0.15, -0.1) is 0 Å². The lowest BCUT2D eigenvalue weighted by molar-refractivity contribution is 1.25. The number of para-hydroxylation sites is 7. The maximum absolute atomic E-state index is 2.53. The first kappa shape index (κ1) is 55.3. The fraction of sp³-hybridized carbons (Fsp3) is 0. The standard InChI is InChI=1S/C90H60B2N4/c1-7-27-61(28-8-1)68-53-69(62-29-9-2-10-30-62)55-70(54-68)72-59-87-90-88(60-72)96(76-41-17-6-18-42-76)84-50-49-67(56-80(84)92(90)79-45-21-24-48-83(79)95(87)75-39-15-5-16-40-75)65-33-25-31-63(51-65)64-32-26-34-66(52-64)71-57-85-89-86(58-71)94(74-37-13-4-14-38-74)82-47-23-20-44-78(82)91(89)77-43-19-22-46-81(77)93(85)73-35-11-3-12-36-73/h1-60H. The molecular formula is C90H60B2N4. The zero-order chi connectivity index (χ0) is 63.2. The summed E-state index contributed by atoms with van der Waals surface area (Å²) in [7, 11) is 0. The highest BCUT2D eigenvalue weighted by Crippen LogP contribution is 2.50. The van der Waals surface area contributed by atoms with Crippen LogP contribution in [0.4, 0.5) is 68.2 Å². The van der Waals surface area contributed by atoms with Crippen LogP contribution in [0.15, 0.2) is 364 Å². The first-order chi connectivity index (χ1) is 47.6. The average molecular weight is 1220 g/mol. The summed E-state index contributed by atoms with van der Waals surface area (Å²) in [5, 5.41) is 0. The van der Waals surface area contributed by atoms with Gasteiger partial charge in [0.05, 0.1) is 0 Å². The molecule has 0 spiro atoms. The summed E-state index contributed by atoms with van der Waals surface area (Å²) < 4.78 is 0. The molecule has 446 valence electrons. The Bertz CT molecular complexity index is 5330. The van der Waals surface area contributed by atoms with Crippen LogP contribution >= 0.6 is 0 Å². The topological polar surface area (TPSA) is 13.0 Å². The van der Waals surface area contributed by atoms with E-state index in [4.69, 9.17) is 0 Å². The molecule has 0 aliphatic carbocycles. The Morgan fingerprint density at radius 2 is 0.385 bits per heavy atom. The van der Waals surface area contributed by atoms with E-state index in [9.17, 15) is 0 Å². The lowest BCUT2D eigenvalue weighted by Gasteiger charge is -2.44. The minimum atomic E-state index is -0.0831. The van der Waals surface area contributed by atoms with Crippen LogP contribution in [-0.2, 0) is 0 Å². The van der Waals surface area contributed by atoms with Crippen LogP contribution in [0.3, 0.4) is 0 Å². The van der Waals surface area contributed by atoms with Crippen molar-refractivity contribution in [2.24, 2.45) is 0 Å². The predicted octanol–water partition coefficient (Wildman–Crippen LogP) is 19.9. The monoisotopic (exact) mass is 1220 g/mol. The van der Waals surface area contributed by atoms with Crippen LogP contribution in [0.25, 0.3) is 66.8 Å². The Morgan fingerprint density at radius 3 is 0.750 bits per heavy atom. The molecule has 0 N–H and O–H groups in total. The van der Waals surface area contributed by atoms with Crippen molar-refractivity contribution in [2.75, 3.05) is 19.6 Å². The van der Waals surface area contributed by atoms with Crippen molar-refractivity contribution in [3.8, 4) is 66.8 Å². The second kappa shape index (κ2) is 22.7. The van der Waals surface area contributed by atoms with Gasteiger partial charge in [-0.2, -0.15) is 0 Å². The Labute approximate surface area is 561 Å². The van der Waals surface area contributed by atoms with Gasteiger partial charge in [0.15, 0.2) is 0 Å². The molecule has 4 aliphatic heterocycles. The fourth-order valence-corrected chi connectivity index (χ4v) is 15.9. The molecule has 0 saturated carbocycles. The normalized spacial score (nSPS) is 12.9. The average Bonchev–Trinajstić information content (AvgIpc) is 0.704. The van der Waals surface area contributed by atoms with E-state index in [2.05, 4.69) is 384 Å². The van der Waals surface area contributed by atoms with Crippen LogP contribution in [0.2, 0.25) is 0 Å². The smallest absolute Gasteiger partial charge is 0.252 e. The van der Waals surface area contributed by atoms with E-state index in [1.54, 1.807) is 0 Å². The summed E-state index contributed by atoms with van der Waals surface area (Å²) in [6.07, 6.45) is 0. The van der Waals surface area contributed by atoms with Crippen molar-refractivity contribution in [1.82, 2.24) is 0 Å².